The summed E-state index contributed by atoms with van der Waals surface area (Å²) in [5, 5.41) is 3.56. The average molecular weight is 222 g/mol. The molecule has 1 N–H and O–H groups in total. The smallest absolute Gasteiger partial charge is 0.0152 e. The fraction of sp³-hybridized carbons (Fsp3) is 1.00. The highest BCUT2D eigenvalue weighted by atomic mass is 15.2. The summed E-state index contributed by atoms with van der Waals surface area (Å²) in [5.74, 6) is 2.99. The average Bonchev–Trinajstić information content (AvgIpc) is 3.08. The van der Waals surface area contributed by atoms with Gasteiger partial charge in [-0.1, -0.05) is 6.92 Å². The van der Waals surface area contributed by atoms with Crippen molar-refractivity contribution < 1.29 is 0 Å². The van der Waals surface area contributed by atoms with Crippen molar-refractivity contribution >= 4 is 0 Å². The van der Waals surface area contributed by atoms with Crippen LogP contribution in [0.3, 0.4) is 0 Å². The molecular formula is C14H26N2. The molecule has 0 aromatic carbocycles. The number of hydrogen-bond acceptors (Lipinski definition) is 2. The molecule has 3 fully saturated rings. The summed E-state index contributed by atoms with van der Waals surface area (Å²) in [7, 11) is 0. The third kappa shape index (κ3) is 2.60. The number of nitrogens with zero attached hydrogens (tertiary/aromatic N) is 1. The molecule has 2 aliphatic carbocycles. The summed E-state index contributed by atoms with van der Waals surface area (Å²) in [6.45, 7) is 7.53. The fourth-order valence-corrected chi connectivity index (χ4v) is 3.44. The highest BCUT2D eigenvalue weighted by molar-refractivity contribution is 4.98. The highest BCUT2D eigenvalue weighted by Gasteiger charge is 2.44. The third-order valence-electron chi connectivity index (χ3n) is 4.47. The van der Waals surface area contributed by atoms with Crippen molar-refractivity contribution in [3.63, 3.8) is 0 Å². The Morgan fingerprint density at radius 3 is 2.44 bits per heavy atom. The third-order valence-corrected chi connectivity index (χ3v) is 4.47. The van der Waals surface area contributed by atoms with Gasteiger partial charge in [0.1, 0.15) is 0 Å². The Kier molecular flexibility index (Phi) is 3.21. The molecule has 3 rings (SSSR count). The van der Waals surface area contributed by atoms with E-state index in [4.69, 9.17) is 0 Å². The van der Waals surface area contributed by atoms with Gasteiger partial charge in [0.05, 0.1) is 0 Å². The number of hydrogen-bond donors (Lipinski definition) is 1. The molecule has 0 radical (unpaired) electrons. The van der Waals surface area contributed by atoms with Crippen molar-refractivity contribution in [3.05, 3.63) is 0 Å². The molecule has 92 valence electrons. The molecule has 1 saturated heterocycles. The first-order valence-corrected chi connectivity index (χ1v) is 7.29. The van der Waals surface area contributed by atoms with E-state index in [2.05, 4.69) is 17.1 Å². The summed E-state index contributed by atoms with van der Waals surface area (Å²) >= 11 is 0. The molecule has 1 heterocycles. The summed E-state index contributed by atoms with van der Waals surface area (Å²) in [5.41, 5.74) is 0. The summed E-state index contributed by atoms with van der Waals surface area (Å²) < 4.78 is 0. The van der Waals surface area contributed by atoms with Gasteiger partial charge in [-0.15, -0.1) is 0 Å². The standard InChI is InChI=1S/C14H26N2/c1-11-9-15-7-2-8-16(10-11)14(12-3-4-12)13-5-6-13/h11-15H,2-10H2,1H3. The lowest BCUT2D eigenvalue weighted by molar-refractivity contribution is 0.125. The molecule has 2 nitrogen and oxygen atoms in total. The van der Waals surface area contributed by atoms with E-state index in [-0.39, 0.29) is 0 Å². The van der Waals surface area contributed by atoms with E-state index in [9.17, 15) is 0 Å². The molecule has 1 unspecified atom stereocenters. The maximum atomic E-state index is 3.56. The monoisotopic (exact) mass is 222 g/mol. The molecule has 0 aromatic heterocycles. The zero-order chi connectivity index (χ0) is 11.0. The van der Waals surface area contributed by atoms with Crippen LogP contribution in [-0.4, -0.2) is 37.1 Å². The molecule has 2 saturated carbocycles. The van der Waals surface area contributed by atoms with Crippen molar-refractivity contribution in [2.24, 2.45) is 17.8 Å². The van der Waals surface area contributed by atoms with E-state index in [0.717, 1.165) is 23.8 Å². The van der Waals surface area contributed by atoms with Crippen molar-refractivity contribution in [1.29, 1.82) is 0 Å². The van der Waals surface area contributed by atoms with Crippen LogP contribution >= 0.6 is 0 Å². The van der Waals surface area contributed by atoms with Crippen LogP contribution in [0.2, 0.25) is 0 Å². The van der Waals surface area contributed by atoms with Crippen molar-refractivity contribution in [3.8, 4) is 0 Å². The second-order valence-electron chi connectivity index (χ2n) is 6.32. The Bertz CT molecular complexity index is 221. The minimum Gasteiger partial charge on any atom is -0.316 e. The zero-order valence-corrected chi connectivity index (χ0v) is 10.6. The van der Waals surface area contributed by atoms with Crippen LogP contribution in [0.1, 0.15) is 39.0 Å². The van der Waals surface area contributed by atoms with Crippen molar-refractivity contribution in [2.75, 3.05) is 26.2 Å². The SMILES string of the molecule is CC1CNCCCN(C(C2CC2)C2CC2)C1. The van der Waals surface area contributed by atoms with Gasteiger partial charge >= 0.3 is 0 Å². The van der Waals surface area contributed by atoms with Gasteiger partial charge in [-0.25, -0.2) is 0 Å². The van der Waals surface area contributed by atoms with E-state index in [1.165, 1.54) is 58.3 Å². The van der Waals surface area contributed by atoms with Crippen LogP contribution in [0.5, 0.6) is 0 Å². The lowest BCUT2D eigenvalue weighted by Crippen LogP contribution is -2.46. The van der Waals surface area contributed by atoms with E-state index in [1.54, 1.807) is 0 Å². The Balaban J connectivity index is 1.64. The largest absolute Gasteiger partial charge is 0.316 e. The first-order chi connectivity index (χ1) is 7.84. The minimum absolute atomic E-state index is 0.834. The molecule has 1 aliphatic heterocycles. The van der Waals surface area contributed by atoms with Gasteiger partial charge in [0.2, 0.25) is 0 Å². The zero-order valence-electron chi connectivity index (χ0n) is 10.6. The molecule has 0 amide bonds. The molecule has 0 aromatic rings. The van der Waals surface area contributed by atoms with Crippen LogP contribution in [0, 0.1) is 17.8 Å². The summed E-state index contributed by atoms with van der Waals surface area (Å²) in [4.78, 5) is 2.86. The topological polar surface area (TPSA) is 15.3 Å². The second kappa shape index (κ2) is 4.66. The van der Waals surface area contributed by atoms with Gasteiger partial charge in [0, 0.05) is 12.6 Å². The lowest BCUT2D eigenvalue weighted by Gasteiger charge is -2.36. The quantitative estimate of drug-likeness (QED) is 0.787. The molecular weight excluding hydrogens is 196 g/mol. The van der Waals surface area contributed by atoms with Crippen LogP contribution in [0.25, 0.3) is 0 Å². The van der Waals surface area contributed by atoms with Crippen LogP contribution < -0.4 is 5.32 Å². The predicted octanol–water partition coefficient (Wildman–Crippen LogP) is 2.11. The van der Waals surface area contributed by atoms with E-state index in [1.807, 2.05) is 0 Å². The first kappa shape index (κ1) is 11.0. The minimum atomic E-state index is 0.834. The van der Waals surface area contributed by atoms with Crippen molar-refractivity contribution in [1.82, 2.24) is 10.2 Å². The summed E-state index contributed by atoms with van der Waals surface area (Å²) in [6.07, 6.45) is 7.42. The molecule has 1 atom stereocenters. The van der Waals surface area contributed by atoms with Crippen LogP contribution in [0.4, 0.5) is 0 Å². The predicted molar refractivity (Wildman–Crippen MR) is 67.5 cm³/mol. The summed E-state index contributed by atoms with van der Waals surface area (Å²) in [6, 6.07) is 0.973. The van der Waals surface area contributed by atoms with Gasteiger partial charge in [0.25, 0.3) is 0 Å². The highest BCUT2D eigenvalue weighted by Crippen LogP contribution is 2.47. The Hall–Kier alpha value is -0.0800. The van der Waals surface area contributed by atoms with Gasteiger partial charge < -0.3 is 5.32 Å². The molecule has 16 heavy (non-hydrogen) atoms. The Labute approximate surface area is 99.8 Å². The van der Waals surface area contributed by atoms with E-state index in [0.29, 0.717) is 0 Å². The van der Waals surface area contributed by atoms with E-state index >= 15 is 0 Å². The normalized spacial score (nSPS) is 33.8. The Morgan fingerprint density at radius 1 is 1.12 bits per heavy atom. The number of nitrogens with one attached hydrogen (secondary N) is 1. The maximum absolute atomic E-state index is 3.56. The number of rotatable bonds is 3. The lowest BCUT2D eigenvalue weighted by atomic mass is 10.0. The first-order valence-electron chi connectivity index (χ1n) is 7.29. The molecule has 2 heteroatoms. The van der Waals surface area contributed by atoms with Gasteiger partial charge in [-0.3, -0.25) is 4.90 Å². The maximum Gasteiger partial charge on any atom is 0.0152 e. The van der Waals surface area contributed by atoms with Crippen LogP contribution in [0.15, 0.2) is 0 Å². The fourth-order valence-electron chi connectivity index (χ4n) is 3.44. The van der Waals surface area contributed by atoms with Crippen molar-refractivity contribution in [2.45, 2.75) is 45.1 Å². The van der Waals surface area contributed by atoms with Gasteiger partial charge in [0.15, 0.2) is 0 Å². The van der Waals surface area contributed by atoms with Crippen LogP contribution in [-0.2, 0) is 0 Å². The molecule has 0 spiro atoms. The molecule has 3 aliphatic rings. The second-order valence-corrected chi connectivity index (χ2v) is 6.32. The van der Waals surface area contributed by atoms with Gasteiger partial charge in [-0.05, 0) is 69.5 Å². The van der Waals surface area contributed by atoms with E-state index < -0.39 is 0 Å². The molecule has 0 bridgehead atoms. The van der Waals surface area contributed by atoms with Gasteiger partial charge in [-0.2, -0.15) is 0 Å². The Morgan fingerprint density at radius 2 is 1.81 bits per heavy atom.